The number of hydrogen-bond donors (Lipinski definition) is 0. The second kappa shape index (κ2) is 10.2. The van der Waals surface area contributed by atoms with Crippen LogP contribution in [0.25, 0.3) is 16.6 Å². The van der Waals surface area contributed by atoms with Gasteiger partial charge in [-0.25, -0.2) is 4.98 Å². The zero-order valence-corrected chi connectivity index (χ0v) is 23.1. The summed E-state index contributed by atoms with van der Waals surface area (Å²) >= 11 is 3.50. The van der Waals surface area contributed by atoms with E-state index >= 15 is 0 Å². The van der Waals surface area contributed by atoms with Crippen molar-refractivity contribution >= 4 is 33.0 Å². The fraction of sp³-hybridized carbons (Fsp3) is 0.367. The zero-order valence-electron chi connectivity index (χ0n) is 21.5. The first-order valence-corrected chi connectivity index (χ1v) is 13.7. The maximum absolute atomic E-state index is 13.7. The molecular formula is C30H33BrN4O. The predicted molar refractivity (Wildman–Crippen MR) is 152 cm³/mol. The van der Waals surface area contributed by atoms with Gasteiger partial charge in [-0.2, -0.15) is 9.78 Å². The lowest BCUT2D eigenvalue weighted by Gasteiger charge is -2.22. The molecule has 2 aromatic heterocycles. The molecule has 0 spiro atoms. The number of benzene rings is 2. The third-order valence-electron chi connectivity index (χ3n) is 7.51. The summed E-state index contributed by atoms with van der Waals surface area (Å²) in [7, 11) is 0. The molecule has 4 aromatic rings. The minimum absolute atomic E-state index is 0.112. The van der Waals surface area contributed by atoms with Crippen LogP contribution in [-0.2, 0) is 6.42 Å². The first-order chi connectivity index (χ1) is 17.4. The first-order valence-electron chi connectivity index (χ1n) is 12.9. The van der Waals surface area contributed by atoms with Crippen LogP contribution in [0.3, 0.4) is 0 Å². The van der Waals surface area contributed by atoms with E-state index in [1.807, 2.05) is 24.4 Å². The van der Waals surface area contributed by atoms with Crippen LogP contribution in [0.5, 0.6) is 0 Å². The topological polar surface area (TPSA) is 52.2 Å². The van der Waals surface area contributed by atoms with Crippen molar-refractivity contribution in [3.05, 3.63) is 91.2 Å². The summed E-state index contributed by atoms with van der Waals surface area (Å²) in [5.74, 6) is 1.04. The summed E-state index contributed by atoms with van der Waals surface area (Å²) in [6.45, 7) is 8.61. The summed E-state index contributed by atoms with van der Waals surface area (Å²) in [5, 5.41) is 5.38. The van der Waals surface area contributed by atoms with Crippen LogP contribution in [0.15, 0.2) is 56.8 Å². The van der Waals surface area contributed by atoms with Crippen LogP contribution >= 0.6 is 15.9 Å². The van der Waals surface area contributed by atoms with E-state index in [1.165, 1.54) is 36.1 Å². The molecule has 5 nitrogen and oxygen atoms in total. The van der Waals surface area contributed by atoms with Gasteiger partial charge < -0.3 is 4.57 Å². The molecule has 0 saturated heterocycles. The maximum Gasteiger partial charge on any atom is 0.282 e. The van der Waals surface area contributed by atoms with Gasteiger partial charge in [-0.05, 0) is 75.4 Å². The Morgan fingerprint density at radius 2 is 1.86 bits per heavy atom. The van der Waals surface area contributed by atoms with E-state index in [1.54, 1.807) is 4.68 Å². The van der Waals surface area contributed by atoms with Crippen LogP contribution in [0, 0.1) is 20.8 Å². The van der Waals surface area contributed by atoms with Gasteiger partial charge in [0.25, 0.3) is 5.56 Å². The first kappa shape index (κ1) is 24.7. The van der Waals surface area contributed by atoms with Gasteiger partial charge in [-0.15, -0.1) is 0 Å². The number of para-hydroxylation sites is 1. The number of aromatic nitrogens is 3. The van der Waals surface area contributed by atoms with Crippen molar-refractivity contribution in [2.24, 2.45) is 5.10 Å². The molecule has 1 fully saturated rings. The predicted octanol–water partition coefficient (Wildman–Crippen LogP) is 7.37. The Morgan fingerprint density at radius 3 is 2.61 bits per heavy atom. The van der Waals surface area contributed by atoms with Crippen LogP contribution in [0.4, 0.5) is 0 Å². The minimum atomic E-state index is -0.112. The Morgan fingerprint density at radius 1 is 1.08 bits per heavy atom. The van der Waals surface area contributed by atoms with Crippen LogP contribution < -0.4 is 5.56 Å². The van der Waals surface area contributed by atoms with Crippen molar-refractivity contribution in [3.63, 3.8) is 0 Å². The number of hydrogen-bond acceptors (Lipinski definition) is 3. The van der Waals surface area contributed by atoms with Gasteiger partial charge in [0.1, 0.15) is 5.82 Å². The Labute approximate surface area is 221 Å². The summed E-state index contributed by atoms with van der Waals surface area (Å²) < 4.78 is 4.74. The van der Waals surface area contributed by atoms with Gasteiger partial charge in [0, 0.05) is 27.3 Å². The Balaban J connectivity index is 1.64. The summed E-state index contributed by atoms with van der Waals surface area (Å²) in [6.07, 6.45) is 8.48. The molecule has 186 valence electrons. The quantitative estimate of drug-likeness (QED) is 0.246. The Bertz CT molecular complexity index is 1520. The lowest BCUT2D eigenvalue weighted by Crippen LogP contribution is -2.25. The largest absolute Gasteiger partial charge is 0.317 e. The highest BCUT2D eigenvalue weighted by molar-refractivity contribution is 9.10. The van der Waals surface area contributed by atoms with E-state index < -0.39 is 0 Å². The van der Waals surface area contributed by atoms with E-state index in [-0.39, 0.29) is 11.5 Å². The van der Waals surface area contributed by atoms with E-state index in [4.69, 9.17) is 10.1 Å². The normalized spacial score (nSPS) is 14.8. The summed E-state index contributed by atoms with van der Waals surface area (Å²) in [6, 6.07) is 14.3. The van der Waals surface area contributed by atoms with Crippen molar-refractivity contribution in [3.8, 4) is 5.69 Å². The van der Waals surface area contributed by atoms with E-state index in [9.17, 15) is 4.79 Å². The molecule has 36 heavy (non-hydrogen) atoms. The van der Waals surface area contributed by atoms with E-state index in [0.29, 0.717) is 5.39 Å². The van der Waals surface area contributed by atoms with Crippen LogP contribution in [0.2, 0.25) is 0 Å². The standard InChI is InChI=1S/C30H33BrN4O/c1-5-22-13-9-10-19(2)28(22)34-20(3)16-24(21(34)4)18-32-35-29(23-11-7-6-8-12-23)33-27-15-14-25(31)17-26(27)30(35)36/h9-10,13-18,23H,5-8,11-12H2,1-4H3. The van der Waals surface area contributed by atoms with Crippen LogP contribution in [0.1, 0.15) is 78.8 Å². The average Bonchev–Trinajstić information content (AvgIpc) is 3.16. The van der Waals surface area contributed by atoms with Crippen LogP contribution in [-0.4, -0.2) is 20.4 Å². The Kier molecular flexibility index (Phi) is 6.98. The average molecular weight is 546 g/mol. The molecule has 5 rings (SSSR count). The molecule has 0 bridgehead atoms. The molecule has 0 N–H and O–H groups in total. The molecular weight excluding hydrogens is 512 g/mol. The number of rotatable bonds is 5. The highest BCUT2D eigenvalue weighted by Crippen LogP contribution is 2.32. The third-order valence-corrected chi connectivity index (χ3v) is 8.01. The maximum atomic E-state index is 13.7. The van der Waals surface area contributed by atoms with Gasteiger partial charge in [0.2, 0.25) is 0 Å². The van der Waals surface area contributed by atoms with Gasteiger partial charge >= 0.3 is 0 Å². The van der Waals surface area contributed by atoms with Crippen molar-refractivity contribution in [1.82, 2.24) is 14.2 Å². The molecule has 1 aliphatic carbocycles. The molecule has 0 aliphatic heterocycles. The lowest BCUT2D eigenvalue weighted by atomic mass is 9.88. The molecule has 2 heterocycles. The molecule has 1 saturated carbocycles. The molecule has 0 atom stereocenters. The monoisotopic (exact) mass is 544 g/mol. The molecule has 1 aliphatic rings. The molecule has 0 unspecified atom stereocenters. The Hall–Kier alpha value is -2.99. The smallest absolute Gasteiger partial charge is 0.282 e. The number of halogens is 1. The summed E-state index contributed by atoms with van der Waals surface area (Å²) in [5.41, 5.74) is 7.71. The number of fused-ring (bicyclic) bond motifs is 1. The zero-order chi connectivity index (χ0) is 25.4. The minimum Gasteiger partial charge on any atom is -0.317 e. The van der Waals surface area contributed by atoms with Crippen molar-refractivity contribution in [2.75, 3.05) is 0 Å². The third kappa shape index (κ3) is 4.47. The van der Waals surface area contributed by atoms with E-state index in [0.717, 1.165) is 52.0 Å². The van der Waals surface area contributed by atoms with Crippen molar-refractivity contribution in [2.45, 2.75) is 72.1 Å². The van der Waals surface area contributed by atoms with Gasteiger partial charge in [0.15, 0.2) is 0 Å². The second-order valence-electron chi connectivity index (χ2n) is 9.93. The fourth-order valence-corrected chi connectivity index (χ4v) is 5.97. The highest BCUT2D eigenvalue weighted by atomic mass is 79.9. The second-order valence-corrected chi connectivity index (χ2v) is 10.8. The van der Waals surface area contributed by atoms with Gasteiger partial charge in [0.05, 0.1) is 22.8 Å². The number of aryl methyl sites for hydroxylation is 3. The molecule has 6 heteroatoms. The van der Waals surface area contributed by atoms with Gasteiger partial charge in [-0.3, -0.25) is 4.79 Å². The lowest BCUT2D eigenvalue weighted by molar-refractivity contribution is 0.416. The fourth-order valence-electron chi connectivity index (χ4n) is 5.61. The highest BCUT2D eigenvalue weighted by Gasteiger charge is 2.23. The van der Waals surface area contributed by atoms with Crippen molar-refractivity contribution in [1.29, 1.82) is 0 Å². The van der Waals surface area contributed by atoms with Gasteiger partial charge in [-0.1, -0.05) is 60.3 Å². The SMILES string of the molecule is CCc1cccc(C)c1-n1c(C)cc(C=Nn2c(C3CCCCC3)nc3ccc(Br)cc3c2=O)c1C. The summed E-state index contributed by atoms with van der Waals surface area (Å²) in [4.78, 5) is 18.6. The van der Waals surface area contributed by atoms with Crippen molar-refractivity contribution < 1.29 is 0 Å². The van der Waals surface area contributed by atoms with E-state index in [2.05, 4.69) is 72.5 Å². The molecule has 2 aromatic carbocycles. The number of nitrogens with zero attached hydrogens (tertiary/aromatic N) is 4. The molecule has 0 amide bonds. The molecule has 0 radical (unpaired) electrons.